The number of nitrogens with zero attached hydrogens (tertiary/aromatic N) is 1. The van der Waals surface area contributed by atoms with E-state index in [-0.39, 0.29) is 15.9 Å². The van der Waals surface area contributed by atoms with Crippen LogP contribution in [0.25, 0.3) is 0 Å². The maximum atomic E-state index is 13.1. The van der Waals surface area contributed by atoms with Gasteiger partial charge in [-0.25, -0.2) is 9.37 Å². The van der Waals surface area contributed by atoms with Gasteiger partial charge in [0.05, 0.1) is 5.56 Å². The summed E-state index contributed by atoms with van der Waals surface area (Å²) in [6.45, 7) is 1.30. The second kappa shape index (κ2) is 3.62. The average Bonchev–Trinajstić information content (AvgIpc) is 1.96. The van der Waals surface area contributed by atoms with Gasteiger partial charge in [0.25, 0.3) is 0 Å². The molecule has 2 nitrogen and oxygen atoms in total. The first-order valence-corrected chi connectivity index (χ1v) is 4.63. The predicted octanol–water partition coefficient (Wildman–Crippen LogP) is 2.95. The average molecular weight is 297 g/mol. The van der Waals surface area contributed by atoms with Gasteiger partial charge in [-0.05, 0) is 44.8 Å². The highest BCUT2D eigenvalue weighted by Gasteiger charge is 2.12. The number of hydrogen-bond donors (Lipinski definition) is 0. The van der Waals surface area contributed by atoms with E-state index in [9.17, 15) is 9.18 Å². The first kappa shape index (κ1) is 9.80. The largest absolute Gasteiger partial charge is 0.294 e. The lowest BCUT2D eigenvalue weighted by Crippen LogP contribution is -1.99. The van der Waals surface area contributed by atoms with Gasteiger partial charge in [0.2, 0.25) is 0 Å². The molecular weight excluding hydrogens is 293 g/mol. The minimum Gasteiger partial charge on any atom is -0.294 e. The van der Waals surface area contributed by atoms with E-state index in [0.29, 0.717) is 4.60 Å². The van der Waals surface area contributed by atoms with Crippen molar-refractivity contribution in [1.29, 1.82) is 0 Å². The highest BCUT2D eigenvalue weighted by molar-refractivity contribution is 9.11. The third-order valence-corrected chi connectivity index (χ3v) is 2.20. The molecule has 0 aromatic carbocycles. The molecule has 1 rings (SSSR count). The van der Waals surface area contributed by atoms with Crippen molar-refractivity contribution in [1.82, 2.24) is 4.98 Å². The van der Waals surface area contributed by atoms with E-state index in [2.05, 4.69) is 36.8 Å². The van der Waals surface area contributed by atoms with E-state index in [1.807, 2.05) is 0 Å². The normalized spacial score (nSPS) is 10.0. The lowest BCUT2D eigenvalue weighted by Gasteiger charge is -2.00. The molecule has 0 aliphatic heterocycles. The Labute approximate surface area is 85.4 Å². The lowest BCUT2D eigenvalue weighted by molar-refractivity contribution is 0.101. The van der Waals surface area contributed by atoms with E-state index in [1.165, 1.54) is 13.0 Å². The van der Waals surface area contributed by atoms with Gasteiger partial charge in [-0.1, -0.05) is 0 Å². The molecule has 5 heteroatoms. The zero-order valence-electron chi connectivity index (χ0n) is 6.07. The van der Waals surface area contributed by atoms with Crippen molar-refractivity contribution in [2.75, 3.05) is 0 Å². The summed E-state index contributed by atoms with van der Waals surface area (Å²) in [6.07, 6.45) is 0. The van der Waals surface area contributed by atoms with E-state index in [1.54, 1.807) is 0 Å². The van der Waals surface area contributed by atoms with Crippen molar-refractivity contribution >= 4 is 37.6 Å². The molecule has 0 saturated heterocycles. The van der Waals surface area contributed by atoms with Crippen LogP contribution in [-0.2, 0) is 0 Å². The summed E-state index contributed by atoms with van der Waals surface area (Å²) in [5.41, 5.74) is 0.0313. The number of ketones is 1. The highest BCUT2D eigenvalue weighted by atomic mass is 79.9. The number of halogens is 3. The fourth-order valence-corrected chi connectivity index (χ4v) is 1.77. The molecule has 1 heterocycles. The first-order valence-electron chi connectivity index (χ1n) is 3.05. The van der Waals surface area contributed by atoms with Crippen LogP contribution < -0.4 is 0 Å². The Balaban J connectivity index is 3.37. The molecule has 0 atom stereocenters. The Kier molecular flexibility index (Phi) is 2.95. The zero-order valence-corrected chi connectivity index (χ0v) is 9.24. The van der Waals surface area contributed by atoms with Gasteiger partial charge in [-0.2, -0.15) is 0 Å². The second-order valence-corrected chi connectivity index (χ2v) is 3.72. The van der Waals surface area contributed by atoms with Gasteiger partial charge in [0.15, 0.2) is 11.6 Å². The summed E-state index contributed by atoms with van der Waals surface area (Å²) in [5, 5.41) is 0. The van der Waals surface area contributed by atoms with Crippen LogP contribution in [0, 0.1) is 5.82 Å². The number of carbonyl (C=O) groups excluding carboxylic acids is 1. The minimum atomic E-state index is -0.620. The van der Waals surface area contributed by atoms with Gasteiger partial charge in [-0.3, -0.25) is 4.79 Å². The lowest BCUT2D eigenvalue weighted by atomic mass is 10.2. The van der Waals surface area contributed by atoms with E-state index in [0.717, 1.165) is 0 Å². The number of Topliss-reactive ketones (excluding diaryl/α,β-unsaturated/α-hetero) is 1. The molecule has 64 valence electrons. The fourth-order valence-electron chi connectivity index (χ4n) is 0.725. The third-order valence-electron chi connectivity index (χ3n) is 1.27. The number of pyridine rings is 1. The first-order chi connectivity index (χ1) is 5.52. The molecule has 12 heavy (non-hydrogen) atoms. The smallest absolute Gasteiger partial charge is 0.166 e. The topological polar surface area (TPSA) is 30.0 Å². The van der Waals surface area contributed by atoms with Gasteiger partial charge < -0.3 is 0 Å². The third kappa shape index (κ3) is 1.90. The van der Waals surface area contributed by atoms with Crippen LogP contribution >= 0.6 is 31.9 Å². The standard InChI is InChI=1S/C7H4Br2FNO/c1-3(12)4-2-5(8)11-7(9)6(4)10/h2H,1H3. The summed E-state index contributed by atoms with van der Waals surface area (Å²) in [7, 11) is 0. The molecule has 1 aromatic rings. The molecule has 0 bridgehead atoms. The van der Waals surface area contributed by atoms with Crippen LogP contribution in [0.4, 0.5) is 4.39 Å². The maximum Gasteiger partial charge on any atom is 0.166 e. The summed E-state index contributed by atoms with van der Waals surface area (Å²) in [6, 6.07) is 1.35. The summed E-state index contributed by atoms with van der Waals surface area (Å²) < 4.78 is 13.6. The van der Waals surface area contributed by atoms with Crippen LogP contribution in [0.1, 0.15) is 17.3 Å². The molecule has 0 aliphatic carbocycles. The molecule has 0 radical (unpaired) electrons. The molecular formula is C7H4Br2FNO. The van der Waals surface area contributed by atoms with Crippen molar-refractivity contribution in [2.24, 2.45) is 0 Å². The highest BCUT2D eigenvalue weighted by Crippen LogP contribution is 2.21. The number of hydrogen-bond acceptors (Lipinski definition) is 2. The van der Waals surface area contributed by atoms with Gasteiger partial charge in [-0.15, -0.1) is 0 Å². The van der Waals surface area contributed by atoms with Gasteiger partial charge >= 0.3 is 0 Å². The predicted molar refractivity (Wildman–Crippen MR) is 49.6 cm³/mol. The zero-order chi connectivity index (χ0) is 9.30. The number of aromatic nitrogens is 1. The van der Waals surface area contributed by atoms with Crippen LogP contribution in [0.3, 0.4) is 0 Å². The van der Waals surface area contributed by atoms with E-state index >= 15 is 0 Å². The molecule has 0 amide bonds. The molecule has 0 spiro atoms. The van der Waals surface area contributed by atoms with E-state index in [4.69, 9.17) is 0 Å². The number of rotatable bonds is 1. The van der Waals surface area contributed by atoms with Crippen LogP contribution in [0.15, 0.2) is 15.3 Å². The molecule has 0 fully saturated rings. The molecule has 0 aliphatic rings. The monoisotopic (exact) mass is 295 g/mol. The fraction of sp³-hybridized carbons (Fsp3) is 0.143. The second-order valence-electron chi connectivity index (χ2n) is 2.15. The quantitative estimate of drug-likeness (QED) is 0.589. The van der Waals surface area contributed by atoms with Crippen molar-refractivity contribution in [3.8, 4) is 0 Å². The molecule has 0 unspecified atom stereocenters. The Morgan fingerprint density at radius 2 is 2.17 bits per heavy atom. The Hall–Kier alpha value is -0.290. The maximum absolute atomic E-state index is 13.1. The van der Waals surface area contributed by atoms with Crippen LogP contribution in [-0.4, -0.2) is 10.8 Å². The van der Waals surface area contributed by atoms with Crippen molar-refractivity contribution < 1.29 is 9.18 Å². The molecule has 0 saturated carbocycles. The van der Waals surface area contributed by atoms with E-state index < -0.39 is 5.82 Å². The van der Waals surface area contributed by atoms with Gasteiger partial charge in [0, 0.05) is 0 Å². The van der Waals surface area contributed by atoms with Crippen molar-refractivity contribution in [3.63, 3.8) is 0 Å². The minimum absolute atomic E-state index is 0.0313. The molecule has 1 aromatic heterocycles. The Morgan fingerprint density at radius 3 is 2.67 bits per heavy atom. The molecule has 0 N–H and O–H groups in total. The van der Waals surface area contributed by atoms with Gasteiger partial charge in [0.1, 0.15) is 9.21 Å². The van der Waals surface area contributed by atoms with Crippen LogP contribution in [0.5, 0.6) is 0 Å². The summed E-state index contributed by atoms with van der Waals surface area (Å²) in [5.74, 6) is -0.943. The SMILES string of the molecule is CC(=O)c1cc(Br)nc(Br)c1F. The van der Waals surface area contributed by atoms with Crippen LogP contribution in [0.2, 0.25) is 0 Å². The Morgan fingerprint density at radius 1 is 1.58 bits per heavy atom. The summed E-state index contributed by atoms with van der Waals surface area (Å²) >= 11 is 5.95. The number of carbonyl (C=O) groups is 1. The van der Waals surface area contributed by atoms with Crippen molar-refractivity contribution in [2.45, 2.75) is 6.92 Å². The Bertz CT molecular complexity index is 340. The van der Waals surface area contributed by atoms with Crippen molar-refractivity contribution in [3.05, 3.63) is 26.7 Å². The summed E-state index contributed by atoms with van der Waals surface area (Å²) in [4.78, 5) is 14.6.